The molecule has 134 valence electrons. The monoisotopic (exact) mass is 350 g/mol. The summed E-state index contributed by atoms with van der Waals surface area (Å²) in [4.78, 5) is 5.08. The fourth-order valence-corrected chi connectivity index (χ4v) is 4.39. The molecular formula is C20H31ClN2O. The first kappa shape index (κ1) is 18.2. The summed E-state index contributed by atoms with van der Waals surface area (Å²) < 4.78 is 0. The van der Waals surface area contributed by atoms with E-state index in [1.165, 1.54) is 58.2 Å². The Hall–Kier alpha value is -0.610. The van der Waals surface area contributed by atoms with Crippen LogP contribution < -0.4 is 0 Å². The van der Waals surface area contributed by atoms with Crippen LogP contribution in [-0.4, -0.2) is 54.2 Å². The van der Waals surface area contributed by atoms with Crippen LogP contribution in [0.4, 0.5) is 0 Å². The molecule has 2 saturated heterocycles. The van der Waals surface area contributed by atoms with E-state index in [0.29, 0.717) is 11.6 Å². The SMILES string of the molecule is O[C@@H](CN1CCC(CN2CCCCCC2)CC1)c1ccccc1Cl. The first-order valence-electron chi connectivity index (χ1n) is 9.59. The number of rotatable bonds is 5. The van der Waals surface area contributed by atoms with Crippen LogP contribution in [-0.2, 0) is 0 Å². The lowest BCUT2D eigenvalue weighted by atomic mass is 9.95. The van der Waals surface area contributed by atoms with Gasteiger partial charge in [0.2, 0.25) is 0 Å². The zero-order chi connectivity index (χ0) is 16.8. The molecule has 0 aliphatic carbocycles. The van der Waals surface area contributed by atoms with Crippen molar-refractivity contribution < 1.29 is 5.11 Å². The molecule has 1 aromatic rings. The van der Waals surface area contributed by atoms with Crippen LogP contribution in [0.1, 0.15) is 50.2 Å². The van der Waals surface area contributed by atoms with Crippen LogP contribution in [0, 0.1) is 5.92 Å². The molecular weight excluding hydrogens is 320 g/mol. The van der Waals surface area contributed by atoms with Crippen molar-refractivity contribution in [1.82, 2.24) is 9.80 Å². The second-order valence-corrected chi connectivity index (χ2v) is 7.90. The van der Waals surface area contributed by atoms with Crippen LogP contribution in [0.25, 0.3) is 0 Å². The van der Waals surface area contributed by atoms with E-state index in [2.05, 4.69) is 9.80 Å². The van der Waals surface area contributed by atoms with Crippen molar-refractivity contribution in [3.63, 3.8) is 0 Å². The second-order valence-electron chi connectivity index (χ2n) is 7.50. The summed E-state index contributed by atoms with van der Waals surface area (Å²) in [5, 5.41) is 11.1. The van der Waals surface area contributed by atoms with Gasteiger partial charge < -0.3 is 14.9 Å². The summed E-state index contributed by atoms with van der Waals surface area (Å²) in [6.07, 6.45) is 7.60. The number of halogens is 1. The summed E-state index contributed by atoms with van der Waals surface area (Å²) in [7, 11) is 0. The van der Waals surface area contributed by atoms with Gasteiger partial charge in [-0.2, -0.15) is 0 Å². The molecule has 2 fully saturated rings. The van der Waals surface area contributed by atoms with Gasteiger partial charge >= 0.3 is 0 Å². The van der Waals surface area contributed by atoms with Crippen LogP contribution >= 0.6 is 11.6 Å². The van der Waals surface area contributed by atoms with E-state index in [1.54, 1.807) is 0 Å². The standard InChI is InChI=1S/C20H31ClN2O/c21-19-8-4-3-7-18(19)20(24)16-23-13-9-17(10-14-23)15-22-11-5-1-2-6-12-22/h3-4,7-8,17,20,24H,1-2,5-6,9-16H2/t20-/m0/s1. The van der Waals surface area contributed by atoms with Gasteiger partial charge in [0.15, 0.2) is 0 Å². The van der Waals surface area contributed by atoms with Gasteiger partial charge in [0, 0.05) is 23.7 Å². The molecule has 0 amide bonds. The normalized spacial score (nSPS) is 23.1. The molecule has 3 nitrogen and oxygen atoms in total. The molecule has 2 aliphatic rings. The van der Waals surface area contributed by atoms with Gasteiger partial charge in [-0.15, -0.1) is 0 Å². The molecule has 2 aliphatic heterocycles. The van der Waals surface area contributed by atoms with Crippen molar-refractivity contribution in [3.8, 4) is 0 Å². The van der Waals surface area contributed by atoms with Crippen molar-refractivity contribution in [2.24, 2.45) is 5.92 Å². The van der Waals surface area contributed by atoms with Crippen LogP contribution in [0.5, 0.6) is 0 Å². The van der Waals surface area contributed by atoms with Gasteiger partial charge in [-0.1, -0.05) is 42.6 Å². The quantitative estimate of drug-likeness (QED) is 0.870. The maximum atomic E-state index is 10.5. The summed E-state index contributed by atoms with van der Waals surface area (Å²) >= 11 is 6.20. The Morgan fingerprint density at radius 3 is 2.29 bits per heavy atom. The average molecular weight is 351 g/mol. The van der Waals surface area contributed by atoms with E-state index in [-0.39, 0.29) is 0 Å². The molecule has 4 heteroatoms. The smallest absolute Gasteiger partial charge is 0.0931 e. The number of aliphatic hydroxyl groups excluding tert-OH is 1. The zero-order valence-corrected chi connectivity index (χ0v) is 15.4. The number of hydrogen-bond donors (Lipinski definition) is 1. The van der Waals surface area contributed by atoms with Gasteiger partial charge in [0.05, 0.1) is 6.10 Å². The highest BCUT2D eigenvalue weighted by molar-refractivity contribution is 6.31. The maximum Gasteiger partial charge on any atom is 0.0931 e. The van der Waals surface area contributed by atoms with Crippen molar-refractivity contribution in [2.75, 3.05) is 39.3 Å². The van der Waals surface area contributed by atoms with E-state index in [0.717, 1.165) is 24.6 Å². The summed E-state index contributed by atoms with van der Waals surface area (Å²) in [6.45, 7) is 6.76. The lowest BCUT2D eigenvalue weighted by molar-refractivity contribution is 0.0812. The van der Waals surface area contributed by atoms with Gasteiger partial charge in [0.1, 0.15) is 0 Å². The molecule has 1 N–H and O–H groups in total. The largest absolute Gasteiger partial charge is 0.387 e. The molecule has 0 aromatic heterocycles. The van der Waals surface area contributed by atoms with E-state index in [1.807, 2.05) is 24.3 Å². The number of nitrogens with zero attached hydrogens (tertiary/aromatic N) is 2. The fraction of sp³-hybridized carbons (Fsp3) is 0.700. The molecule has 2 heterocycles. The van der Waals surface area contributed by atoms with E-state index >= 15 is 0 Å². The Bertz CT molecular complexity index is 494. The minimum Gasteiger partial charge on any atom is -0.387 e. The van der Waals surface area contributed by atoms with Gasteiger partial charge in [-0.25, -0.2) is 0 Å². The Morgan fingerprint density at radius 2 is 1.62 bits per heavy atom. The predicted molar refractivity (Wildman–Crippen MR) is 100 cm³/mol. The lowest BCUT2D eigenvalue weighted by Crippen LogP contribution is -2.40. The van der Waals surface area contributed by atoms with Crippen LogP contribution in [0.3, 0.4) is 0 Å². The Morgan fingerprint density at radius 1 is 0.958 bits per heavy atom. The first-order valence-corrected chi connectivity index (χ1v) is 9.97. The number of β-amino-alcohol motifs (C(OH)–C–C–N with tert-alkyl or cyclic N) is 1. The third-order valence-corrected chi connectivity index (χ3v) is 5.96. The van der Waals surface area contributed by atoms with Crippen molar-refractivity contribution >= 4 is 11.6 Å². The Labute approximate surface area is 151 Å². The molecule has 0 radical (unpaired) electrons. The van der Waals surface area contributed by atoms with Gasteiger partial charge in [-0.3, -0.25) is 0 Å². The molecule has 0 unspecified atom stereocenters. The molecule has 24 heavy (non-hydrogen) atoms. The highest BCUT2D eigenvalue weighted by Gasteiger charge is 2.24. The number of likely N-dealkylation sites (tertiary alicyclic amines) is 2. The van der Waals surface area contributed by atoms with Crippen LogP contribution in [0.15, 0.2) is 24.3 Å². The topological polar surface area (TPSA) is 26.7 Å². The third-order valence-electron chi connectivity index (χ3n) is 5.62. The Kier molecular flexibility index (Phi) is 6.96. The Balaban J connectivity index is 1.42. The van der Waals surface area contributed by atoms with Crippen molar-refractivity contribution in [2.45, 2.75) is 44.6 Å². The molecule has 3 rings (SSSR count). The van der Waals surface area contributed by atoms with Gasteiger partial charge in [0.25, 0.3) is 0 Å². The highest BCUT2D eigenvalue weighted by Crippen LogP contribution is 2.26. The fourth-order valence-electron chi connectivity index (χ4n) is 4.12. The third kappa shape index (κ3) is 5.19. The number of hydrogen-bond acceptors (Lipinski definition) is 3. The first-order chi connectivity index (χ1) is 11.7. The highest BCUT2D eigenvalue weighted by atomic mass is 35.5. The average Bonchev–Trinajstić information content (AvgIpc) is 2.86. The van der Waals surface area contributed by atoms with E-state index in [9.17, 15) is 5.11 Å². The minimum absolute atomic E-state index is 0.485. The van der Waals surface area contributed by atoms with E-state index in [4.69, 9.17) is 11.6 Å². The molecule has 0 saturated carbocycles. The summed E-state index contributed by atoms with van der Waals surface area (Å²) in [5.74, 6) is 0.830. The summed E-state index contributed by atoms with van der Waals surface area (Å²) in [6, 6.07) is 7.64. The van der Waals surface area contributed by atoms with Crippen LogP contribution in [0.2, 0.25) is 5.02 Å². The van der Waals surface area contributed by atoms with Gasteiger partial charge in [-0.05, 0) is 63.8 Å². The predicted octanol–water partition coefficient (Wildman–Crippen LogP) is 3.96. The molecule has 0 spiro atoms. The molecule has 1 atom stereocenters. The number of benzene rings is 1. The minimum atomic E-state index is -0.485. The summed E-state index contributed by atoms with van der Waals surface area (Å²) in [5.41, 5.74) is 0.853. The lowest BCUT2D eigenvalue weighted by Gasteiger charge is -2.35. The zero-order valence-electron chi connectivity index (χ0n) is 14.7. The maximum absolute atomic E-state index is 10.5. The van der Waals surface area contributed by atoms with E-state index < -0.39 is 6.10 Å². The molecule has 0 bridgehead atoms. The number of aliphatic hydroxyl groups is 1. The van der Waals surface area contributed by atoms with Crippen molar-refractivity contribution in [1.29, 1.82) is 0 Å². The molecule has 1 aromatic carbocycles. The second kappa shape index (κ2) is 9.19. The number of piperidine rings is 1. The van der Waals surface area contributed by atoms with Crippen molar-refractivity contribution in [3.05, 3.63) is 34.9 Å².